The first kappa shape index (κ1) is 9.81. The van der Waals surface area contributed by atoms with E-state index in [0.717, 1.165) is 12.8 Å². The molecule has 0 aromatic carbocycles. The average Bonchev–Trinajstić information content (AvgIpc) is 1.98. The topological polar surface area (TPSA) is 20.2 Å². The van der Waals surface area contributed by atoms with Crippen molar-refractivity contribution in [3.63, 3.8) is 0 Å². The number of unbranched alkanes of at least 4 members (excludes halogenated alkanes) is 1. The van der Waals surface area contributed by atoms with E-state index < -0.39 is 6.10 Å². The first-order valence-corrected chi connectivity index (χ1v) is 4.07. The van der Waals surface area contributed by atoms with Crippen molar-refractivity contribution in [1.82, 2.24) is 0 Å². The van der Waals surface area contributed by atoms with Crippen LogP contribution in [0.2, 0.25) is 0 Å². The third-order valence-corrected chi connectivity index (χ3v) is 1.36. The van der Waals surface area contributed by atoms with Crippen LogP contribution in [0.15, 0.2) is 0 Å². The standard InChI is InChI=1S/C8H13ClO/c1-2-8(10)6-4-3-5-7-9/h8,10H,2-3,5,7H2,1H3. The molecule has 1 nitrogen and oxygen atoms in total. The molecule has 2 heteroatoms. The summed E-state index contributed by atoms with van der Waals surface area (Å²) in [4.78, 5) is 0. The number of aliphatic hydroxyl groups is 1. The monoisotopic (exact) mass is 160 g/mol. The van der Waals surface area contributed by atoms with E-state index in [1.807, 2.05) is 6.92 Å². The zero-order chi connectivity index (χ0) is 7.82. The normalized spacial score (nSPS) is 11.9. The average molecular weight is 161 g/mol. The molecule has 1 N–H and O–H groups in total. The molecule has 0 heterocycles. The molecule has 10 heavy (non-hydrogen) atoms. The van der Waals surface area contributed by atoms with E-state index >= 15 is 0 Å². The van der Waals surface area contributed by atoms with E-state index in [-0.39, 0.29) is 0 Å². The maximum atomic E-state index is 8.95. The van der Waals surface area contributed by atoms with Crippen molar-refractivity contribution >= 4 is 11.6 Å². The Hall–Kier alpha value is -0.190. The van der Waals surface area contributed by atoms with Crippen LogP contribution < -0.4 is 0 Å². The minimum atomic E-state index is -0.449. The van der Waals surface area contributed by atoms with Crippen LogP contribution in [0.4, 0.5) is 0 Å². The highest BCUT2D eigenvalue weighted by atomic mass is 35.5. The highest BCUT2D eigenvalue weighted by Crippen LogP contribution is 1.90. The minimum Gasteiger partial charge on any atom is -0.380 e. The maximum absolute atomic E-state index is 8.95. The Morgan fingerprint density at radius 3 is 2.80 bits per heavy atom. The Bertz CT molecular complexity index is 123. The lowest BCUT2D eigenvalue weighted by Gasteiger charge is -1.93. The molecule has 0 aromatic heterocycles. The van der Waals surface area contributed by atoms with E-state index in [4.69, 9.17) is 16.7 Å². The molecule has 0 bridgehead atoms. The number of alkyl halides is 1. The smallest absolute Gasteiger partial charge is 0.114 e. The fourth-order valence-electron chi connectivity index (χ4n) is 0.447. The van der Waals surface area contributed by atoms with Crippen LogP contribution >= 0.6 is 11.6 Å². The highest BCUT2D eigenvalue weighted by molar-refractivity contribution is 6.17. The minimum absolute atomic E-state index is 0.449. The molecule has 0 aliphatic heterocycles. The fraction of sp³-hybridized carbons (Fsp3) is 0.750. The molecule has 0 fully saturated rings. The van der Waals surface area contributed by atoms with Crippen LogP contribution in [-0.4, -0.2) is 17.1 Å². The predicted molar refractivity (Wildman–Crippen MR) is 44.0 cm³/mol. The second-order valence-corrected chi connectivity index (χ2v) is 2.42. The van der Waals surface area contributed by atoms with E-state index in [1.54, 1.807) is 0 Å². The largest absolute Gasteiger partial charge is 0.380 e. The van der Waals surface area contributed by atoms with Crippen molar-refractivity contribution in [2.45, 2.75) is 32.3 Å². The van der Waals surface area contributed by atoms with Gasteiger partial charge in [-0.25, -0.2) is 0 Å². The molecule has 0 saturated carbocycles. The van der Waals surface area contributed by atoms with E-state index in [0.29, 0.717) is 12.3 Å². The van der Waals surface area contributed by atoms with Crippen LogP contribution in [0.1, 0.15) is 26.2 Å². The molecule has 1 unspecified atom stereocenters. The summed E-state index contributed by atoms with van der Waals surface area (Å²) in [5, 5.41) is 8.95. The number of hydrogen-bond donors (Lipinski definition) is 1. The number of hydrogen-bond acceptors (Lipinski definition) is 1. The number of halogens is 1. The molecule has 0 aliphatic carbocycles. The zero-order valence-corrected chi connectivity index (χ0v) is 6.99. The molecule has 0 amide bonds. The lowest BCUT2D eigenvalue weighted by molar-refractivity contribution is 0.228. The lowest BCUT2D eigenvalue weighted by Crippen LogP contribution is -1.98. The zero-order valence-electron chi connectivity index (χ0n) is 6.23. The van der Waals surface area contributed by atoms with Gasteiger partial charge in [-0.2, -0.15) is 0 Å². The second-order valence-electron chi connectivity index (χ2n) is 2.04. The summed E-state index contributed by atoms with van der Waals surface area (Å²) in [5.74, 6) is 6.22. The first-order chi connectivity index (χ1) is 4.81. The molecule has 1 atom stereocenters. The summed E-state index contributed by atoms with van der Waals surface area (Å²) in [6, 6.07) is 0. The van der Waals surface area contributed by atoms with Gasteiger partial charge in [0.05, 0.1) is 0 Å². The molecule has 0 aliphatic rings. The summed E-state index contributed by atoms with van der Waals surface area (Å²) < 4.78 is 0. The van der Waals surface area contributed by atoms with Crippen molar-refractivity contribution in [2.75, 3.05) is 5.88 Å². The van der Waals surface area contributed by atoms with Crippen molar-refractivity contribution < 1.29 is 5.11 Å². The van der Waals surface area contributed by atoms with Gasteiger partial charge in [0.1, 0.15) is 6.10 Å². The second kappa shape index (κ2) is 6.92. The Kier molecular flexibility index (Phi) is 6.79. The van der Waals surface area contributed by atoms with Crippen molar-refractivity contribution in [3.8, 4) is 11.8 Å². The summed E-state index contributed by atoms with van der Waals surface area (Å²) in [6.45, 7) is 1.90. The van der Waals surface area contributed by atoms with Crippen LogP contribution in [0.3, 0.4) is 0 Å². The van der Waals surface area contributed by atoms with Gasteiger partial charge in [0, 0.05) is 12.3 Å². The Morgan fingerprint density at radius 1 is 1.60 bits per heavy atom. The van der Waals surface area contributed by atoms with Crippen LogP contribution in [-0.2, 0) is 0 Å². The van der Waals surface area contributed by atoms with Crippen molar-refractivity contribution in [2.24, 2.45) is 0 Å². The van der Waals surface area contributed by atoms with E-state index in [2.05, 4.69) is 11.8 Å². The van der Waals surface area contributed by atoms with Gasteiger partial charge in [0.25, 0.3) is 0 Å². The van der Waals surface area contributed by atoms with Gasteiger partial charge in [-0.05, 0) is 12.8 Å². The van der Waals surface area contributed by atoms with Gasteiger partial charge >= 0.3 is 0 Å². The van der Waals surface area contributed by atoms with Gasteiger partial charge in [0.2, 0.25) is 0 Å². The molecule has 0 spiro atoms. The Labute approximate surface area is 67.4 Å². The third-order valence-electron chi connectivity index (χ3n) is 1.09. The summed E-state index contributed by atoms with van der Waals surface area (Å²) >= 11 is 5.42. The Morgan fingerprint density at radius 2 is 2.30 bits per heavy atom. The molecular formula is C8H13ClO. The first-order valence-electron chi connectivity index (χ1n) is 3.53. The maximum Gasteiger partial charge on any atom is 0.114 e. The molecule has 58 valence electrons. The van der Waals surface area contributed by atoms with Crippen LogP contribution in [0.25, 0.3) is 0 Å². The van der Waals surface area contributed by atoms with Crippen molar-refractivity contribution in [1.29, 1.82) is 0 Å². The van der Waals surface area contributed by atoms with Crippen LogP contribution in [0.5, 0.6) is 0 Å². The highest BCUT2D eigenvalue weighted by Gasteiger charge is 1.89. The van der Waals surface area contributed by atoms with Gasteiger partial charge in [0.15, 0.2) is 0 Å². The summed E-state index contributed by atoms with van der Waals surface area (Å²) in [7, 11) is 0. The van der Waals surface area contributed by atoms with Gasteiger partial charge in [-0.15, -0.1) is 17.5 Å². The molecule has 0 aromatic rings. The van der Waals surface area contributed by atoms with Crippen molar-refractivity contribution in [3.05, 3.63) is 0 Å². The number of aliphatic hydroxyl groups excluding tert-OH is 1. The van der Waals surface area contributed by atoms with E-state index in [9.17, 15) is 0 Å². The molecule has 0 rings (SSSR count). The third kappa shape index (κ3) is 5.94. The summed E-state index contributed by atoms with van der Waals surface area (Å²) in [5.41, 5.74) is 0. The molecule has 0 saturated heterocycles. The predicted octanol–water partition coefficient (Wildman–Crippen LogP) is 1.78. The lowest BCUT2D eigenvalue weighted by atomic mass is 10.2. The Balaban J connectivity index is 3.29. The quantitative estimate of drug-likeness (QED) is 0.379. The number of rotatable bonds is 3. The summed E-state index contributed by atoms with van der Waals surface area (Å²) in [6.07, 6.45) is 1.95. The van der Waals surface area contributed by atoms with Gasteiger partial charge in [-0.3, -0.25) is 0 Å². The fourth-order valence-corrected chi connectivity index (χ4v) is 0.581. The van der Waals surface area contributed by atoms with Gasteiger partial charge < -0.3 is 5.11 Å². The van der Waals surface area contributed by atoms with Crippen LogP contribution in [0, 0.1) is 11.8 Å². The van der Waals surface area contributed by atoms with Gasteiger partial charge in [-0.1, -0.05) is 12.8 Å². The SMILES string of the molecule is CCC(O)C#CCCCCl. The molecular weight excluding hydrogens is 148 g/mol. The molecule has 0 radical (unpaired) electrons. The van der Waals surface area contributed by atoms with E-state index in [1.165, 1.54) is 0 Å².